The molecule has 8 nitrogen and oxygen atoms in total. The Bertz CT molecular complexity index is 644. The van der Waals surface area contributed by atoms with Crippen molar-refractivity contribution in [3.63, 3.8) is 0 Å². The van der Waals surface area contributed by atoms with Gasteiger partial charge in [0.15, 0.2) is 18.5 Å². The predicted molar refractivity (Wildman–Crippen MR) is 88.0 cm³/mol. The highest BCUT2D eigenvalue weighted by Gasteiger charge is 2.47. The third-order valence-electron chi connectivity index (χ3n) is 3.97. The number of benzene rings is 1. The molecule has 0 spiro atoms. The highest BCUT2D eigenvalue weighted by atomic mass is 16.7. The van der Waals surface area contributed by atoms with Crippen LogP contribution >= 0.6 is 0 Å². The lowest BCUT2D eigenvalue weighted by molar-refractivity contribution is -0.282. The lowest BCUT2D eigenvalue weighted by Gasteiger charge is -2.40. The van der Waals surface area contributed by atoms with Crippen LogP contribution in [0.3, 0.4) is 0 Å². The minimum atomic E-state index is -1.58. The third kappa shape index (κ3) is 5.10. The minimum absolute atomic E-state index is 0.0125. The van der Waals surface area contributed by atoms with Crippen molar-refractivity contribution in [2.24, 2.45) is 0 Å². The molecule has 1 heterocycles. The Labute approximate surface area is 150 Å². The number of aliphatic hydroxyl groups excluding tert-OH is 2. The third-order valence-corrected chi connectivity index (χ3v) is 3.97. The first-order valence-electron chi connectivity index (χ1n) is 8.26. The summed E-state index contributed by atoms with van der Waals surface area (Å²) in [6.45, 7) is 2.85. The van der Waals surface area contributed by atoms with Crippen molar-refractivity contribution >= 4 is 17.7 Å². The van der Waals surface area contributed by atoms with E-state index in [-0.39, 0.29) is 24.2 Å². The molecular formula is C18H22O8. The monoisotopic (exact) mass is 366 g/mol. The summed E-state index contributed by atoms with van der Waals surface area (Å²) in [5.41, 5.74) is 0.285. The van der Waals surface area contributed by atoms with Crippen molar-refractivity contribution in [2.75, 3.05) is 0 Å². The summed E-state index contributed by atoms with van der Waals surface area (Å²) in [5.74, 6) is -1.64. The van der Waals surface area contributed by atoms with E-state index in [9.17, 15) is 24.6 Å². The molecule has 0 aliphatic carbocycles. The number of carbonyl (C=O) groups excluding carboxylic acids is 3. The summed E-state index contributed by atoms with van der Waals surface area (Å²) >= 11 is 0. The summed E-state index contributed by atoms with van der Waals surface area (Å²) < 4.78 is 15.5. The predicted octanol–water partition coefficient (Wildman–Crippen LogP) is 0.591. The molecule has 1 aromatic rings. The van der Waals surface area contributed by atoms with Crippen LogP contribution in [0.5, 0.6) is 0 Å². The number of Topliss-reactive ketones (excluding diaryl/α,β-unsaturated/α-hetero) is 1. The molecule has 1 aliphatic rings. The number of aliphatic hydroxyl groups is 2. The molecule has 0 amide bonds. The molecule has 8 heteroatoms. The van der Waals surface area contributed by atoms with Crippen LogP contribution in [0.4, 0.5) is 0 Å². The SMILES string of the molecule is CC(=O)CCC(=O)O[C@@H]1[C@H](O)[C@@H](OC(=O)c2ccccc2)[C@H](C)O[C@H]1O. The average molecular weight is 366 g/mol. The molecule has 1 aliphatic heterocycles. The molecule has 142 valence electrons. The van der Waals surface area contributed by atoms with Gasteiger partial charge >= 0.3 is 11.9 Å². The fourth-order valence-electron chi connectivity index (χ4n) is 2.56. The molecule has 0 unspecified atom stereocenters. The fraction of sp³-hybridized carbons (Fsp3) is 0.500. The molecule has 1 saturated heterocycles. The Hall–Kier alpha value is -2.29. The van der Waals surface area contributed by atoms with Crippen LogP contribution in [0.1, 0.15) is 37.0 Å². The Morgan fingerprint density at radius 1 is 1.04 bits per heavy atom. The molecule has 26 heavy (non-hydrogen) atoms. The number of hydrogen-bond acceptors (Lipinski definition) is 8. The zero-order valence-corrected chi connectivity index (χ0v) is 14.5. The van der Waals surface area contributed by atoms with Gasteiger partial charge < -0.3 is 29.2 Å². The molecule has 0 bridgehead atoms. The van der Waals surface area contributed by atoms with Gasteiger partial charge in [0.05, 0.1) is 18.1 Å². The molecule has 2 rings (SSSR count). The van der Waals surface area contributed by atoms with E-state index in [0.717, 1.165) is 0 Å². The van der Waals surface area contributed by atoms with E-state index in [0.29, 0.717) is 0 Å². The summed E-state index contributed by atoms with van der Waals surface area (Å²) in [7, 11) is 0. The highest BCUT2D eigenvalue weighted by Crippen LogP contribution is 2.25. The van der Waals surface area contributed by atoms with Gasteiger partial charge in [0, 0.05) is 6.42 Å². The van der Waals surface area contributed by atoms with Gasteiger partial charge in [-0.1, -0.05) is 18.2 Å². The second kappa shape index (κ2) is 8.88. The van der Waals surface area contributed by atoms with E-state index < -0.39 is 42.6 Å². The van der Waals surface area contributed by atoms with Crippen LogP contribution in [-0.4, -0.2) is 58.6 Å². The summed E-state index contributed by atoms with van der Waals surface area (Å²) in [5, 5.41) is 20.4. The van der Waals surface area contributed by atoms with Gasteiger partial charge in [-0.3, -0.25) is 4.79 Å². The van der Waals surface area contributed by atoms with Crippen molar-refractivity contribution in [3.05, 3.63) is 35.9 Å². The van der Waals surface area contributed by atoms with E-state index in [1.165, 1.54) is 13.8 Å². The molecule has 0 radical (unpaired) electrons. The zero-order chi connectivity index (χ0) is 19.3. The van der Waals surface area contributed by atoms with E-state index in [2.05, 4.69) is 0 Å². The van der Waals surface area contributed by atoms with Crippen LogP contribution in [0, 0.1) is 0 Å². The summed E-state index contributed by atoms with van der Waals surface area (Å²) in [6.07, 6.45) is -6.65. The smallest absolute Gasteiger partial charge is 0.338 e. The first-order chi connectivity index (χ1) is 12.3. The molecule has 1 aromatic carbocycles. The maximum absolute atomic E-state index is 12.2. The quantitative estimate of drug-likeness (QED) is 0.702. The first-order valence-corrected chi connectivity index (χ1v) is 8.26. The van der Waals surface area contributed by atoms with Gasteiger partial charge in [-0.25, -0.2) is 4.79 Å². The first kappa shape index (κ1) is 20.0. The van der Waals surface area contributed by atoms with Crippen molar-refractivity contribution in [3.8, 4) is 0 Å². The van der Waals surface area contributed by atoms with E-state index >= 15 is 0 Å². The van der Waals surface area contributed by atoms with Gasteiger partial charge in [-0.2, -0.15) is 0 Å². The number of hydrogen-bond donors (Lipinski definition) is 2. The maximum Gasteiger partial charge on any atom is 0.338 e. The molecule has 0 aromatic heterocycles. The van der Waals surface area contributed by atoms with Gasteiger partial charge in [0.25, 0.3) is 0 Å². The van der Waals surface area contributed by atoms with Crippen LogP contribution in [-0.2, 0) is 23.8 Å². The van der Waals surface area contributed by atoms with Crippen LogP contribution in [0.25, 0.3) is 0 Å². The number of rotatable bonds is 6. The molecule has 5 atom stereocenters. The standard InChI is InChI=1S/C18H22O8/c1-10(19)8-9-13(20)25-16-14(21)15(11(2)24-18(16)23)26-17(22)12-6-4-3-5-7-12/h3-7,11,14-16,18,21,23H,8-9H2,1-2H3/t11-,14+,15-,16+,18+/m0/s1. The molecule has 1 fully saturated rings. The lowest BCUT2D eigenvalue weighted by Crippen LogP contribution is -2.59. The molecular weight excluding hydrogens is 344 g/mol. The minimum Gasteiger partial charge on any atom is -0.454 e. The largest absolute Gasteiger partial charge is 0.454 e. The van der Waals surface area contributed by atoms with E-state index in [1.54, 1.807) is 30.3 Å². The maximum atomic E-state index is 12.2. The number of carbonyl (C=O) groups is 3. The second-order valence-corrected chi connectivity index (χ2v) is 6.11. The van der Waals surface area contributed by atoms with E-state index in [1.807, 2.05) is 0 Å². The Kier molecular flexibility index (Phi) is 6.84. The van der Waals surface area contributed by atoms with Gasteiger partial charge in [-0.05, 0) is 26.0 Å². The number of esters is 2. The molecule has 0 saturated carbocycles. The summed E-state index contributed by atoms with van der Waals surface area (Å²) in [6, 6.07) is 8.17. The highest BCUT2D eigenvalue weighted by molar-refractivity contribution is 5.89. The average Bonchev–Trinajstić information content (AvgIpc) is 2.61. The van der Waals surface area contributed by atoms with Crippen LogP contribution in [0.15, 0.2) is 30.3 Å². The topological polar surface area (TPSA) is 119 Å². The Balaban J connectivity index is 2.04. The zero-order valence-electron chi connectivity index (χ0n) is 14.5. The van der Waals surface area contributed by atoms with Crippen molar-refractivity contribution in [1.29, 1.82) is 0 Å². The normalized spacial score (nSPS) is 28.2. The lowest BCUT2D eigenvalue weighted by atomic mass is 9.99. The number of ketones is 1. The van der Waals surface area contributed by atoms with Gasteiger partial charge in [-0.15, -0.1) is 0 Å². The van der Waals surface area contributed by atoms with Gasteiger partial charge in [0.2, 0.25) is 0 Å². The van der Waals surface area contributed by atoms with Crippen LogP contribution in [0.2, 0.25) is 0 Å². The molecule has 2 N–H and O–H groups in total. The number of ether oxygens (including phenoxy) is 3. The van der Waals surface area contributed by atoms with Crippen molar-refractivity contribution in [1.82, 2.24) is 0 Å². The Morgan fingerprint density at radius 2 is 1.69 bits per heavy atom. The van der Waals surface area contributed by atoms with Gasteiger partial charge in [0.1, 0.15) is 11.9 Å². The van der Waals surface area contributed by atoms with Crippen molar-refractivity contribution in [2.45, 2.75) is 57.4 Å². The summed E-state index contributed by atoms with van der Waals surface area (Å²) in [4.78, 5) is 34.9. The van der Waals surface area contributed by atoms with Crippen LogP contribution < -0.4 is 0 Å². The fourth-order valence-corrected chi connectivity index (χ4v) is 2.56. The van der Waals surface area contributed by atoms with E-state index in [4.69, 9.17) is 14.2 Å². The Morgan fingerprint density at radius 3 is 2.31 bits per heavy atom. The second-order valence-electron chi connectivity index (χ2n) is 6.11. The van der Waals surface area contributed by atoms with Crippen molar-refractivity contribution < 1.29 is 38.8 Å².